The van der Waals surface area contributed by atoms with E-state index >= 15 is 0 Å². The Bertz CT molecular complexity index is 1010. The molecule has 13 heteroatoms. The Morgan fingerprint density at radius 2 is 1.83 bits per heavy atom. The molecule has 0 amide bonds. The summed E-state index contributed by atoms with van der Waals surface area (Å²) in [4.78, 5) is 15.6. The van der Waals surface area contributed by atoms with Crippen molar-refractivity contribution in [2.75, 3.05) is 6.61 Å². The van der Waals surface area contributed by atoms with Gasteiger partial charge in [-0.15, -0.1) is 0 Å². The van der Waals surface area contributed by atoms with Gasteiger partial charge >= 0.3 is 21.6 Å². The summed E-state index contributed by atoms with van der Waals surface area (Å²) in [5.74, 6) is -1.36. The molecule has 1 heterocycles. The summed E-state index contributed by atoms with van der Waals surface area (Å²) in [6.07, 6.45) is -0.464. The number of fused-ring (bicyclic) bond motifs is 1. The Labute approximate surface area is 180 Å². The van der Waals surface area contributed by atoms with Gasteiger partial charge in [-0.1, -0.05) is 22.9 Å². The van der Waals surface area contributed by atoms with Gasteiger partial charge in [0.15, 0.2) is 10.2 Å². The molecule has 1 aromatic carbocycles. The van der Waals surface area contributed by atoms with Crippen LogP contribution in [0.25, 0.3) is 10.2 Å². The first-order valence-corrected chi connectivity index (χ1v) is 11.0. The maximum absolute atomic E-state index is 12.7. The third kappa shape index (κ3) is 7.56. The number of alkyl halides is 3. The van der Waals surface area contributed by atoms with E-state index in [1.54, 1.807) is 27.7 Å². The van der Waals surface area contributed by atoms with Gasteiger partial charge in [-0.3, -0.25) is 4.79 Å². The van der Waals surface area contributed by atoms with Crippen molar-refractivity contribution in [3.05, 3.63) is 21.7 Å². The molecule has 0 aliphatic carbocycles. The molecule has 2 rings (SSSR count). The number of aryl methyl sites for hydroxylation is 1. The van der Waals surface area contributed by atoms with Gasteiger partial charge in [-0.2, -0.15) is 21.6 Å². The van der Waals surface area contributed by atoms with Crippen LogP contribution in [0.3, 0.4) is 0 Å². The number of rotatable bonds is 5. The Balaban J connectivity index is 0.000000804. The third-order valence-corrected chi connectivity index (χ3v) is 5.17. The van der Waals surface area contributed by atoms with Crippen molar-refractivity contribution in [2.45, 2.75) is 52.1 Å². The Kier molecular flexibility index (Phi) is 8.51. The highest BCUT2D eigenvalue weighted by atomic mass is 35.5. The molecular formula is C17H21ClF3NO6S2. The number of halogens is 4. The number of hydrogen-bond acceptors (Lipinski definition) is 8. The number of ether oxygens (including phenoxy) is 1. The maximum atomic E-state index is 12.7. The van der Waals surface area contributed by atoms with Crippen LogP contribution in [0.1, 0.15) is 38.8 Å². The first-order valence-electron chi connectivity index (χ1n) is 8.43. The Hall–Kier alpha value is -1.63. The smallest absolute Gasteiger partial charge is 0.466 e. The second-order valence-electron chi connectivity index (χ2n) is 6.95. The molecule has 30 heavy (non-hydrogen) atoms. The minimum absolute atomic E-state index is 0.0114. The molecule has 0 unspecified atom stereocenters. The molecule has 2 aromatic rings. The average Bonchev–Trinajstić information content (AvgIpc) is 2.88. The molecule has 0 aliphatic rings. The van der Waals surface area contributed by atoms with Gasteiger partial charge in [-0.25, -0.2) is 4.98 Å². The SMILES string of the molecule is CC(C)(C)O.CCOC(=O)Cc1c(C)cc2nc(Cl)sc2c1OS(=O)(=O)C(F)(F)F. The Morgan fingerprint density at radius 3 is 2.30 bits per heavy atom. The van der Waals surface area contributed by atoms with Gasteiger partial charge < -0.3 is 14.0 Å². The lowest BCUT2D eigenvalue weighted by Gasteiger charge is -2.15. The van der Waals surface area contributed by atoms with Crippen molar-refractivity contribution in [1.29, 1.82) is 0 Å². The van der Waals surface area contributed by atoms with Gasteiger partial charge in [-0.05, 0) is 46.2 Å². The second-order valence-corrected chi connectivity index (χ2v) is 10.1. The van der Waals surface area contributed by atoms with E-state index in [0.29, 0.717) is 5.56 Å². The van der Waals surface area contributed by atoms with E-state index in [-0.39, 0.29) is 26.9 Å². The lowest BCUT2D eigenvalue weighted by molar-refractivity contribution is -0.142. The van der Waals surface area contributed by atoms with Crippen molar-refractivity contribution in [1.82, 2.24) is 4.98 Å². The zero-order valence-corrected chi connectivity index (χ0v) is 19.1. The molecule has 0 bridgehead atoms. The predicted molar refractivity (Wildman–Crippen MR) is 107 cm³/mol. The summed E-state index contributed by atoms with van der Waals surface area (Å²) in [6.45, 7) is 8.33. The molecule has 170 valence electrons. The summed E-state index contributed by atoms with van der Waals surface area (Å²) >= 11 is 6.50. The molecule has 0 fully saturated rings. The molecule has 1 N–H and O–H groups in total. The number of benzene rings is 1. The van der Waals surface area contributed by atoms with Crippen LogP contribution in [0.15, 0.2) is 6.07 Å². The van der Waals surface area contributed by atoms with Crippen molar-refractivity contribution in [3.8, 4) is 5.75 Å². The van der Waals surface area contributed by atoms with Crippen LogP contribution in [0.4, 0.5) is 13.2 Å². The van der Waals surface area contributed by atoms with Gasteiger partial charge in [0.05, 0.1) is 28.8 Å². The minimum Gasteiger partial charge on any atom is -0.466 e. The summed E-state index contributed by atoms with van der Waals surface area (Å²) < 4.78 is 70.0. The summed E-state index contributed by atoms with van der Waals surface area (Å²) in [7, 11) is -5.94. The summed E-state index contributed by atoms with van der Waals surface area (Å²) in [5.41, 5.74) is -5.69. The predicted octanol–water partition coefficient (Wildman–Crippen LogP) is 4.37. The van der Waals surface area contributed by atoms with Crippen LogP contribution in [0, 0.1) is 6.92 Å². The van der Waals surface area contributed by atoms with Gasteiger partial charge in [0.1, 0.15) is 0 Å². The topological polar surface area (TPSA) is 103 Å². The molecule has 0 saturated heterocycles. The first-order chi connectivity index (χ1) is 13.5. The van der Waals surface area contributed by atoms with Crippen LogP contribution in [-0.4, -0.2) is 42.2 Å². The van der Waals surface area contributed by atoms with E-state index in [2.05, 4.69) is 9.17 Å². The maximum Gasteiger partial charge on any atom is 0.534 e. The van der Waals surface area contributed by atoms with Crippen molar-refractivity contribution in [2.24, 2.45) is 0 Å². The van der Waals surface area contributed by atoms with E-state index in [1.807, 2.05) is 0 Å². The largest absolute Gasteiger partial charge is 0.534 e. The van der Waals surface area contributed by atoms with Crippen molar-refractivity contribution in [3.63, 3.8) is 0 Å². The number of carbonyl (C=O) groups excluding carboxylic acids is 1. The fourth-order valence-corrected chi connectivity index (χ4v) is 3.65. The van der Waals surface area contributed by atoms with Crippen molar-refractivity contribution >= 4 is 49.2 Å². The molecule has 7 nitrogen and oxygen atoms in total. The van der Waals surface area contributed by atoms with E-state index in [4.69, 9.17) is 21.4 Å². The first kappa shape index (κ1) is 26.4. The standard InChI is InChI=1S/C13H11ClF3NO5S2.C4H10O/c1-3-22-9(19)5-7-6(2)4-8-11(24-12(14)18-8)10(7)23-25(20,21)13(15,16)17;1-4(2,3)5/h4H,3,5H2,1-2H3;5H,1-3H3. The van der Waals surface area contributed by atoms with Crippen molar-refractivity contribution < 1.29 is 40.4 Å². The minimum atomic E-state index is -5.94. The summed E-state index contributed by atoms with van der Waals surface area (Å²) in [6, 6.07) is 1.47. The highest BCUT2D eigenvalue weighted by molar-refractivity contribution is 7.88. The van der Waals surface area contributed by atoms with Crippen LogP contribution in [-0.2, 0) is 26.1 Å². The Morgan fingerprint density at radius 1 is 1.30 bits per heavy atom. The fourth-order valence-electron chi connectivity index (χ4n) is 1.99. The monoisotopic (exact) mass is 491 g/mol. The highest BCUT2D eigenvalue weighted by Crippen LogP contribution is 2.40. The van der Waals surface area contributed by atoms with Gasteiger partial charge in [0.25, 0.3) is 0 Å². The quantitative estimate of drug-likeness (QED) is 0.376. The molecule has 0 saturated carbocycles. The van der Waals surface area contributed by atoms with Crippen LogP contribution >= 0.6 is 22.9 Å². The number of esters is 1. The van der Waals surface area contributed by atoms with Gasteiger partial charge in [0.2, 0.25) is 0 Å². The van der Waals surface area contributed by atoms with Crippen LogP contribution in [0.2, 0.25) is 4.47 Å². The lowest BCUT2D eigenvalue weighted by Crippen LogP contribution is -2.28. The molecule has 0 aliphatic heterocycles. The number of aliphatic hydroxyl groups is 1. The number of hydrogen-bond donors (Lipinski definition) is 1. The number of carbonyl (C=O) groups is 1. The zero-order valence-electron chi connectivity index (χ0n) is 16.8. The zero-order chi connectivity index (χ0) is 23.5. The summed E-state index contributed by atoms with van der Waals surface area (Å²) in [5, 5.41) is 8.52. The number of aromatic nitrogens is 1. The van der Waals surface area contributed by atoms with Gasteiger partial charge in [0, 0.05) is 5.56 Å². The molecule has 0 atom stereocenters. The fraction of sp³-hybridized carbons (Fsp3) is 0.529. The second kappa shape index (κ2) is 9.67. The lowest BCUT2D eigenvalue weighted by atomic mass is 10.0. The van der Waals surface area contributed by atoms with Crippen LogP contribution in [0.5, 0.6) is 5.75 Å². The average molecular weight is 492 g/mol. The highest BCUT2D eigenvalue weighted by Gasteiger charge is 2.49. The molecular weight excluding hydrogens is 471 g/mol. The van der Waals surface area contributed by atoms with E-state index in [0.717, 1.165) is 11.3 Å². The van der Waals surface area contributed by atoms with E-state index < -0.39 is 39.4 Å². The molecule has 1 aromatic heterocycles. The molecule has 0 radical (unpaired) electrons. The third-order valence-electron chi connectivity index (χ3n) is 3.04. The normalized spacial score (nSPS) is 12.3. The molecule has 0 spiro atoms. The van der Waals surface area contributed by atoms with E-state index in [1.165, 1.54) is 13.0 Å². The van der Waals surface area contributed by atoms with Crippen LogP contribution < -0.4 is 4.18 Å². The number of thiazole rings is 1. The number of nitrogens with zero attached hydrogens (tertiary/aromatic N) is 1. The van der Waals surface area contributed by atoms with E-state index in [9.17, 15) is 26.4 Å².